The van der Waals surface area contributed by atoms with E-state index in [1.807, 2.05) is 54.6 Å². The second-order valence-electron chi connectivity index (χ2n) is 9.14. The lowest BCUT2D eigenvalue weighted by atomic mass is 9.87. The molecule has 0 unspecified atom stereocenters. The fourth-order valence-electron chi connectivity index (χ4n) is 4.45. The highest BCUT2D eigenvalue weighted by molar-refractivity contribution is 5.83. The number of aldehydes is 2. The third kappa shape index (κ3) is 5.84. The zero-order valence-electron chi connectivity index (χ0n) is 19.7. The Morgan fingerprint density at radius 3 is 2.47 bits per heavy atom. The van der Waals surface area contributed by atoms with Gasteiger partial charge in [-0.1, -0.05) is 42.5 Å². The van der Waals surface area contributed by atoms with Gasteiger partial charge in [0, 0.05) is 24.5 Å². The molecule has 0 aliphatic carbocycles. The molecule has 34 heavy (non-hydrogen) atoms. The van der Waals surface area contributed by atoms with E-state index in [9.17, 15) is 9.59 Å². The highest BCUT2D eigenvalue weighted by atomic mass is 16.5. The van der Waals surface area contributed by atoms with Gasteiger partial charge in [-0.15, -0.1) is 0 Å². The Kier molecular flexibility index (Phi) is 7.63. The predicted molar refractivity (Wildman–Crippen MR) is 137 cm³/mol. The van der Waals surface area contributed by atoms with Crippen molar-refractivity contribution in [2.24, 2.45) is 5.41 Å². The van der Waals surface area contributed by atoms with E-state index < -0.39 is 5.41 Å². The van der Waals surface area contributed by atoms with Crippen LogP contribution >= 0.6 is 0 Å². The van der Waals surface area contributed by atoms with Gasteiger partial charge in [0.25, 0.3) is 0 Å². The lowest BCUT2D eigenvalue weighted by molar-refractivity contribution is -0.125. The molecule has 0 atom stereocenters. The van der Waals surface area contributed by atoms with E-state index in [1.165, 1.54) is 16.8 Å². The Labute approximate surface area is 201 Å². The van der Waals surface area contributed by atoms with Crippen LogP contribution in [0.1, 0.15) is 30.0 Å². The minimum Gasteiger partial charge on any atom is -0.492 e. The molecule has 5 heteroatoms. The van der Waals surface area contributed by atoms with E-state index in [2.05, 4.69) is 28.4 Å². The van der Waals surface area contributed by atoms with Gasteiger partial charge in [-0.3, -0.25) is 0 Å². The van der Waals surface area contributed by atoms with Gasteiger partial charge < -0.3 is 24.5 Å². The Balaban J connectivity index is 1.37. The molecule has 0 bridgehead atoms. The summed E-state index contributed by atoms with van der Waals surface area (Å²) in [5.41, 5.74) is 5.05. The molecular formula is C29H32N2O3. The number of rotatable bonds is 11. The topological polar surface area (TPSA) is 58.6 Å². The van der Waals surface area contributed by atoms with Crippen molar-refractivity contribution in [3.8, 4) is 5.75 Å². The van der Waals surface area contributed by atoms with Crippen LogP contribution in [0.4, 0.5) is 11.4 Å². The Morgan fingerprint density at radius 1 is 0.971 bits per heavy atom. The Hall–Kier alpha value is -3.60. The maximum Gasteiger partial charge on any atom is 0.133 e. The van der Waals surface area contributed by atoms with E-state index in [0.29, 0.717) is 13.0 Å². The number of benzene rings is 3. The highest BCUT2D eigenvalue weighted by Crippen LogP contribution is 2.30. The smallest absolute Gasteiger partial charge is 0.133 e. The fraction of sp³-hybridized carbons (Fsp3) is 0.310. The Morgan fingerprint density at radius 2 is 1.74 bits per heavy atom. The molecular weight excluding hydrogens is 424 g/mol. The van der Waals surface area contributed by atoms with Crippen molar-refractivity contribution < 1.29 is 14.3 Å². The first-order chi connectivity index (χ1) is 16.6. The average Bonchev–Trinajstić information content (AvgIpc) is 2.89. The molecule has 0 fully saturated rings. The van der Waals surface area contributed by atoms with Crippen LogP contribution in [0.25, 0.3) is 0 Å². The Bertz CT molecular complexity index is 1090. The fourth-order valence-corrected chi connectivity index (χ4v) is 4.45. The number of hydrogen-bond donors (Lipinski definition) is 1. The number of ether oxygens (including phenoxy) is 1. The van der Waals surface area contributed by atoms with Crippen molar-refractivity contribution in [2.45, 2.75) is 32.7 Å². The first kappa shape index (κ1) is 23.6. The maximum absolute atomic E-state index is 11.2. The summed E-state index contributed by atoms with van der Waals surface area (Å²) in [6.45, 7) is 4.97. The van der Waals surface area contributed by atoms with Gasteiger partial charge in [-0.05, 0) is 73.2 Å². The van der Waals surface area contributed by atoms with Gasteiger partial charge >= 0.3 is 0 Å². The summed E-state index contributed by atoms with van der Waals surface area (Å²) in [6, 6.07) is 24.5. The first-order valence-corrected chi connectivity index (χ1v) is 11.9. The van der Waals surface area contributed by atoms with E-state index >= 15 is 0 Å². The zero-order chi connectivity index (χ0) is 23.8. The van der Waals surface area contributed by atoms with Gasteiger partial charge in [0.05, 0.1) is 12.0 Å². The van der Waals surface area contributed by atoms with Gasteiger partial charge in [0.2, 0.25) is 0 Å². The van der Waals surface area contributed by atoms with E-state index in [-0.39, 0.29) is 0 Å². The number of para-hydroxylation sites is 1. The molecule has 0 amide bonds. The minimum atomic E-state index is -0.962. The number of fused-ring (bicyclic) bond motifs is 1. The summed E-state index contributed by atoms with van der Waals surface area (Å²) in [6.07, 6.45) is 4.08. The van der Waals surface area contributed by atoms with Crippen LogP contribution in [-0.4, -0.2) is 32.3 Å². The highest BCUT2D eigenvalue weighted by Gasteiger charge is 2.23. The van der Waals surface area contributed by atoms with Crippen LogP contribution in [0.15, 0.2) is 72.8 Å². The van der Waals surface area contributed by atoms with Gasteiger partial charge in [-0.2, -0.15) is 0 Å². The monoisotopic (exact) mass is 456 g/mol. The van der Waals surface area contributed by atoms with Gasteiger partial charge in [0.15, 0.2) is 0 Å². The van der Waals surface area contributed by atoms with Crippen LogP contribution in [0.5, 0.6) is 5.75 Å². The van der Waals surface area contributed by atoms with Crippen molar-refractivity contribution in [1.29, 1.82) is 0 Å². The van der Waals surface area contributed by atoms with Crippen molar-refractivity contribution >= 4 is 23.9 Å². The molecule has 1 heterocycles. The summed E-state index contributed by atoms with van der Waals surface area (Å²) in [7, 11) is 0. The van der Waals surface area contributed by atoms with E-state index in [4.69, 9.17) is 4.74 Å². The van der Waals surface area contributed by atoms with Crippen molar-refractivity contribution in [2.75, 3.05) is 29.9 Å². The van der Waals surface area contributed by atoms with Crippen molar-refractivity contribution in [3.63, 3.8) is 0 Å². The number of nitrogens with zero attached hydrogens (tertiary/aromatic N) is 1. The summed E-state index contributed by atoms with van der Waals surface area (Å²) >= 11 is 0. The summed E-state index contributed by atoms with van der Waals surface area (Å²) in [5, 5.41) is 3.53. The largest absolute Gasteiger partial charge is 0.492 e. The second-order valence-corrected chi connectivity index (χ2v) is 9.14. The van der Waals surface area contributed by atoms with Crippen LogP contribution in [0.3, 0.4) is 0 Å². The molecule has 5 nitrogen and oxygen atoms in total. The first-order valence-electron chi connectivity index (χ1n) is 11.9. The lowest BCUT2D eigenvalue weighted by Gasteiger charge is -2.32. The third-order valence-electron chi connectivity index (χ3n) is 6.38. The molecule has 0 radical (unpaired) electrons. The van der Waals surface area contributed by atoms with Crippen LogP contribution < -0.4 is 15.0 Å². The number of nitrogens with one attached hydrogen (secondary N) is 1. The summed E-state index contributed by atoms with van der Waals surface area (Å²) in [4.78, 5) is 24.8. The number of anilines is 2. The van der Waals surface area contributed by atoms with Gasteiger partial charge in [0.1, 0.15) is 24.9 Å². The minimum absolute atomic E-state index is 0.413. The number of carbonyl (C=O) groups excluding carboxylic acids is 2. The normalized spacial score (nSPS) is 13.1. The molecule has 4 rings (SSSR count). The predicted octanol–water partition coefficient (Wildman–Crippen LogP) is 5.08. The molecule has 1 aliphatic rings. The van der Waals surface area contributed by atoms with Crippen molar-refractivity contribution in [3.05, 3.63) is 89.5 Å². The maximum atomic E-state index is 11.2. The van der Waals surface area contributed by atoms with Crippen LogP contribution in [0.2, 0.25) is 0 Å². The molecule has 3 aromatic rings. The average molecular weight is 457 g/mol. The molecule has 0 saturated carbocycles. The number of carbonyl (C=O) groups is 2. The molecule has 1 aliphatic heterocycles. The van der Waals surface area contributed by atoms with Crippen LogP contribution in [-0.2, 0) is 29.0 Å². The quantitative estimate of drug-likeness (QED) is 0.322. The van der Waals surface area contributed by atoms with Gasteiger partial charge in [-0.25, -0.2) is 0 Å². The molecule has 0 aromatic heterocycles. The summed E-state index contributed by atoms with van der Waals surface area (Å²) in [5.74, 6) is 0.908. The lowest BCUT2D eigenvalue weighted by Crippen LogP contribution is -2.33. The molecule has 0 spiro atoms. The number of hydrogen-bond acceptors (Lipinski definition) is 5. The van der Waals surface area contributed by atoms with Crippen LogP contribution in [0, 0.1) is 5.41 Å². The molecule has 3 aromatic carbocycles. The van der Waals surface area contributed by atoms with Crippen molar-refractivity contribution in [1.82, 2.24) is 0 Å². The molecule has 0 saturated heterocycles. The zero-order valence-corrected chi connectivity index (χ0v) is 19.7. The second kappa shape index (κ2) is 11.0. The summed E-state index contributed by atoms with van der Waals surface area (Å²) < 4.78 is 5.92. The van der Waals surface area contributed by atoms with E-state index in [0.717, 1.165) is 62.0 Å². The SMILES string of the molecule is CC(C=O)(C=O)Cc1ccc(NCc2cccc3c2CCCN3CCOc2ccccc2)cc1. The standard InChI is InChI=1S/C29H32N2O3/c1-29(21-32,22-33)19-23-12-14-25(15-13-23)30-20-24-7-5-11-28-27(24)10-6-16-31(28)17-18-34-26-8-3-2-4-9-26/h2-5,7-9,11-15,21-22,30H,6,10,16-20H2,1H3. The third-order valence-corrected chi connectivity index (χ3v) is 6.38. The van der Waals surface area contributed by atoms with E-state index in [1.54, 1.807) is 6.92 Å². The molecule has 1 N–H and O–H groups in total. The molecule has 176 valence electrons.